The summed E-state index contributed by atoms with van der Waals surface area (Å²) in [7, 11) is 2.91. The second-order valence-corrected chi connectivity index (χ2v) is 4.50. The summed E-state index contributed by atoms with van der Waals surface area (Å²) in [4.78, 5) is 24.1. The molecule has 0 spiro atoms. The van der Waals surface area contributed by atoms with Gasteiger partial charge >= 0.3 is 5.97 Å². The molecular formula is C13H14FNO4. The van der Waals surface area contributed by atoms with E-state index in [4.69, 9.17) is 9.84 Å². The molecule has 2 unspecified atom stereocenters. The highest BCUT2D eigenvalue weighted by molar-refractivity contribution is 6.00. The van der Waals surface area contributed by atoms with Gasteiger partial charge in [0.15, 0.2) is 0 Å². The Hall–Kier alpha value is -2.11. The van der Waals surface area contributed by atoms with Gasteiger partial charge in [-0.1, -0.05) is 0 Å². The molecule has 1 saturated carbocycles. The first-order valence-corrected chi connectivity index (χ1v) is 5.79. The van der Waals surface area contributed by atoms with E-state index in [1.165, 1.54) is 37.3 Å². The van der Waals surface area contributed by atoms with Gasteiger partial charge in [-0.05, 0) is 18.6 Å². The van der Waals surface area contributed by atoms with Crippen molar-refractivity contribution in [1.82, 2.24) is 0 Å². The molecule has 19 heavy (non-hydrogen) atoms. The summed E-state index contributed by atoms with van der Waals surface area (Å²) in [6.45, 7) is 0. The molecule has 0 saturated heterocycles. The molecule has 1 amide bonds. The Balaban J connectivity index is 2.20. The van der Waals surface area contributed by atoms with Gasteiger partial charge in [0.2, 0.25) is 5.91 Å². The number of carbonyl (C=O) groups is 2. The fourth-order valence-corrected chi connectivity index (χ4v) is 2.03. The van der Waals surface area contributed by atoms with E-state index in [-0.39, 0.29) is 5.91 Å². The molecule has 6 heteroatoms. The summed E-state index contributed by atoms with van der Waals surface area (Å²) in [6.07, 6.45) is 0.330. The molecule has 0 bridgehead atoms. The van der Waals surface area contributed by atoms with Crippen LogP contribution in [0.15, 0.2) is 18.2 Å². The van der Waals surface area contributed by atoms with Crippen molar-refractivity contribution < 1.29 is 23.8 Å². The first kappa shape index (κ1) is 13.3. The summed E-state index contributed by atoms with van der Waals surface area (Å²) >= 11 is 0. The zero-order valence-electron chi connectivity index (χ0n) is 10.6. The molecule has 1 aliphatic rings. The van der Waals surface area contributed by atoms with Gasteiger partial charge in [-0.2, -0.15) is 0 Å². The van der Waals surface area contributed by atoms with E-state index in [1.54, 1.807) is 0 Å². The van der Waals surface area contributed by atoms with Gasteiger partial charge in [0.25, 0.3) is 0 Å². The summed E-state index contributed by atoms with van der Waals surface area (Å²) in [6, 6.07) is 3.85. The van der Waals surface area contributed by atoms with Crippen LogP contribution in [0.25, 0.3) is 0 Å². The molecule has 1 fully saturated rings. The smallest absolute Gasteiger partial charge is 0.307 e. The number of methoxy groups -OCH3 is 1. The van der Waals surface area contributed by atoms with Crippen LogP contribution in [-0.4, -0.2) is 31.1 Å². The Morgan fingerprint density at radius 3 is 2.63 bits per heavy atom. The minimum atomic E-state index is -0.974. The van der Waals surface area contributed by atoms with Crippen LogP contribution >= 0.6 is 0 Å². The molecule has 0 aliphatic heterocycles. The largest absolute Gasteiger partial charge is 0.495 e. The van der Waals surface area contributed by atoms with Crippen molar-refractivity contribution in [3.8, 4) is 5.75 Å². The van der Waals surface area contributed by atoms with Crippen LogP contribution in [-0.2, 0) is 9.59 Å². The van der Waals surface area contributed by atoms with Crippen LogP contribution in [0.4, 0.5) is 10.1 Å². The molecule has 5 nitrogen and oxygen atoms in total. The third-order valence-corrected chi connectivity index (χ3v) is 3.26. The summed E-state index contributed by atoms with van der Waals surface area (Å²) in [5.74, 6) is -2.59. The van der Waals surface area contributed by atoms with Gasteiger partial charge in [-0.25, -0.2) is 4.39 Å². The number of carboxylic acid groups (broad SMARTS) is 1. The lowest BCUT2D eigenvalue weighted by Crippen LogP contribution is -2.29. The monoisotopic (exact) mass is 267 g/mol. The third kappa shape index (κ3) is 2.52. The highest BCUT2D eigenvalue weighted by Crippen LogP contribution is 2.41. The number of amides is 1. The molecule has 0 radical (unpaired) electrons. The Morgan fingerprint density at radius 2 is 2.11 bits per heavy atom. The van der Waals surface area contributed by atoms with Gasteiger partial charge in [0.1, 0.15) is 11.6 Å². The molecule has 0 aromatic heterocycles. The van der Waals surface area contributed by atoms with Crippen molar-refractivity contribution in [1.29, 1.82) is 0 Å². The number of hydrogen-bond acceptors (Lipinski definition) is 3. The molecule has 1 aromatic rings. The van der Waals surface area contributed by atoms with E-state index >= 15 is 0 Å². The maximum atomic E-state index is 13.2. The van der Waals surface area contributed by atoms with Crippen LogP contribution in [0.5, 0.6) is 5.75 Å². The maximum Gasteiger partial charge on any atom is 0.307 e. The average molecular weight is 267 g/mol. The number of nitrogens with zero attached hydrogens (tertiary/aromatic N) is 1. The lowest BCUT2D eigenvalue weighted by molar-refractivity contribution is -0.139. The maximum absolute atomic E-state index is 13.2. The highest BCUT2D eigenvalue weighted by atomic mass is 19.1. The van der Waals surface area contributed by atoms with E-state index < -0.39 is 23.6 Å². The van der Waals surface area contributed by atoms with Crippen molar-refractivity contribution in [2.75, 3.05) is 19.1 Å². The van der Waals surface area contributed by atoms with Crippen molar-refractivity contribution in [2.45, 2.75) is 6.42 Å². The quantitative estimate of drug-likeness (QED) is 0.898. The molecule has 1 aromatic carbocycles. The second-order valence-electron chi connectivity index (χ2n) is 4.50. The normalized spacial score (nSPS) is 20.8. The predicted octanol–water partition coefficient (Wildman–Crippen LogP) is 1.52. The topological polar surface area (TPSA) is 66.8 Å². The van der Waals surface area contributed by atoms with Gasteiger partial charge in [0.05, 0.1) is 24.6 Å². The lowest BCUT2D eigenvalue weighted by Gasteiger charge is -2.20. The number of halogens is 1. The van der Waals surface area contributed by atoms with Crippen LogP contribution in [0, 0.1) is 17.7 Å². The molecule has 0 heterocycles. The van der Waals surface area contributed by atoms with Crippen LogP contribution in [0.3, 0.4) is 0 Å². The van der Waals surface area contributed by atoms with E-state index in [0.29, 0.717) is 17.9 Å². The number of ether oxygens (including phenoxy) is 1. The predicted molar refractivity (Wildman–Crippen MR) is 65.6 cm³/mol. The first-order valence-electron chi connectivity index (χ1n) is 5.79. The summed E-state index contributed by atoms with van der Waals surface area (Å²) in [5, 5.41) is 8.81. The van der Waals surface area contributed by atoms with Crippen molar-refractivity contribution >= 4 is 17.6 Å². The molecule has 1 N–H and O–H groups in total. The number of anilines is 1. The number of rotatable bonds is 4. The lowest BCUT2D eigenvalue weighted by atomic mass is 10.2. The van der Waals surface area contributed by atoms with E-state index in [0.717, 1.165) is 0 Å². The van der Waals surface area contributed by atoms with Crippen molar-refractivity contribution in [2.24, 2.45) is 11.8 Å². The molecule has 2 atom stereocenters. The van der Waals surface area contributed by atoms with Crippen LogP contribution in [0.1, 0.15) is 6.42 Å². The summed E-state index contributed by atoms with van der Waals surface area (Å²) < 4.78 is 18.3. The Bertz CT molecular complexity index is 531. The zero-order valence-corrected chi connectivity index (χ0v) is 10.6. The second kappa shape index (κ2) is 4.87. The highest BCUT2D eigenvalue weighted by Gasteiger charge is 2.49. The number of aliphatic carboxylic acids is 1. The number of carbonyl (C=O) groups excluding carboxylic acids is 1. The number of hydrogen-bond donors (Lipinski definition) is 1. The number of carboxylic acids is 1. The molecule has 1 aliphatic carbocycles. The van der Waals surface area contributed by atoms with Gasteiger partial charge in [0, 0.05) is 13.1 Å². The van der Waals surface area contributed by atoms with Gasteiger partial charge < -0.3 is 14.7 Å². The van der Waals surface area contributed by atoms with Crippen molar-refractivity contribution in [3.63, 3.8) is 0 Å². The minimum Gasteiger partial charge on any atom is -0.495 e. The zero-order chi connectivity index (χ0) is 14.2. The van der Waals surface area contributed by atoms with Crippen molar-refractivity contribution in [3.05, 3.63) is 24.0 Å². The minimum absolute atomic E-state index is 0.295. The molecule has 102 valence electrons. The van der Waals surface area contributed by atoms with E-state index in [1.807, 2.05) is 0 Å². The van der Waals surface area contributed by atoms with Crippen LogP contribution in [0.2, 0.25) is 0 Å². The van der Waals surface area contributed by atoms with Crippen LogP contribution < -0.4 is 9.64 Å². The fraction of sp³-hybridized carbons (Fsp3) is 0.385. The summed E-state index contributed by atoms with van der Waals surface area (Å²) in [5.41, 5.74) is 0.295. The van der Waals surface area contributed by atoms with E-state index in [2.05, 4.69) is 0 Å². The SMILES string of the molecule is COc1ccc(F)cc1N(C)C(=O)C1CC1C(=O)O. The Morgan fingerprint density at radius 1 is 1.42 bits per heavy atom. The Kier molecular flexibility index (Phi) is 3.42. The average Bonchev–Trinajstić information content (AvgIpc) is 3.17. The van der Waals surface area contributed by atoms with Gasteiger partial charge in [-0.3, -0.25) is 9.59 Å². The molecule has 2 rings (SSSR count). The third-order valence-electron chi connectivity index (χ3n) is 3.26. The number of benzene rings is 1. The molecular weight excluding hydrogens is 253 g/mol. The van der Waals surface area contributed by atoms with Gasteiger partial charge in [-0.15, -0.1) is 0 Å². The first-order chi connectivity index (χ1) is 8.95. The van der Waals surface area contributed by atoms with E-state index in [9.17, 15) is 14.0 Å². The Labute approximate surface area is 109 Å². The fourth-order valence-electron chi connectivity index (χ4n) is 2.03. The standard InChI is InChI=1S/C13H14FNO4/c1-15(12(16)8-6-9(8)13(17)18)10-5-7(14)3-4-11(10)19-2/h3-5,8-9H,6H2,1-2H3,(H,17,18).